The molecular weight excluding hydrogens is 324 g/mol. The van der Waals surface area contributed by atoms with Gasteiger partial charge in [-0.2, -0.15) is 0 Å². The summed E-state index contributed by atoms with van der Waals surface area (Å²) in [5, 5.41) is 2.57. The van der Waals surface area contributed by atoms with Crippen LogP contribution < -0.4 is 10.0 Å². The zero-order valence-electron chi connectivity index (χ0n) is 11.6. The average molecular weight is 339 g/mol. The molecule has 0 aliphatic rings. The van der Waals surface area contributed by atoms with Crippen LogP contribution in [0.15, 0.2) is 59.5 Å². The van der Waals surface area contributed by atoms with E-state index < -0.39 is 16.1 Å². The molecule has 0 unspecified atom stereocenters. The SMILES string of the molecule is O=C(NCCc1ccccc1)NS(=O)(=O)c1ccccc1Cl. The number of carbonyl (C=O) groups excluding carboxylic acids is 1. The van der Waals surface area contributed by atoms with Crippen LogP contribution in [0.2, 0.25) is 5.02 Å². The third kappa shape index (κ3) is 4.47. The first kappa shape index (κ1) is 16.3. The molecule has 0 atom stereocenters. The van der Waals surface area contributed by atoms with E-state index in [4.69, 9.17) is 11.6 Å². The number of nitrogens with one attached hydrogen (secondary N) is 2. The highest BCUT2D eigenvalue weighted by molar-refractivity contribution is 7.90. The third-order valence-corrected chi connectivity index (χ3v) is 4.73. The van der Waals surface area contributed by atoms with Gasteiger partial charge in [0.1, 0.15) is 4.90 Å². The van der Waals surface area contributed by atoms with Crippen molar-refractivity contribution in [2.24, 2.45) is 0 Å². The fourth-order valence-corrected chi connectivity index (χ4v) is 3.29. The maximum Gasteiger partial charge on any atom is 0.328 e. The predicted molar refractivity (Wildman–Crippen MR) is 85.3 cm³/mol. The summed E-state index contributed by atoms with van der Waals surface area (Å²) in [5.74, 6) is 0. The van der Waals surface area contributed by atoms with Gasteiger partial charge in [-0.25, -0.2) is 17.9 Å². The van der Waals surface area contributed by atoms with Gasteiger partial charge in [0.05, 0.1) is 5.02 Å². The Bertz CT molecular complexity index is 748. The third-order valence-electron chi connectivity index (χ3n) is 2.90. The van der Waals surface area contributed by atoms with Gasteiger partial charge >= 0.3 is 6.03 Å². The van der Waals surface area contributed by atoms with Crippen LogP contribution in [0.25, 0.3) is 0 Å². The summed E-state index contributed by atoms with van der Waals surface area (Å²) in [6, 6.07) is 14.7. The van der Waals surface area contributed by atoms with Gasteiger partial charge in [-0.1, -0.05) is 54.1 Å². The van der Waals surface area contributed by atoms with Gasteiger partial charge in [0.15, 0.2) is 0 Å². The molecule has 2 N–H and O–H groups in total. The highest BCUT2D eigenvalue weighted by atomic mass is 35.5. The number of hydrogen-bond acceptors (Lipinski definition) is 3. The van der Waals surface area contributed by atoms with Crippen molar-refractivity contribution in [3.8, 4) is 0 Å². The number of hydrogen-bond donors (Lipinski definition) is 2. The van der Waals surface area contributed by atoms with E-state index in [0.29, 0.717) is 13.0 Å². The molecule has 0 aromatic heterocycles. The molecule has 0 spiro atoms. The molecule has 0 saturated carbocycles. The van der Waals surface area contributed by atoms with Crippen molar-refractivity contribution in [1.29, 1.82) is 0 Å². The maximum absolute atomic E-state index is 12.0. The monoisotopic (exact) mass is 338 g/mol. The van der Waals surface area contributed by atoms with Crippen LogP contribution in [-0.4, -0.2) is 21.0 Å². The lowest BCUT2D eigenvalue weighted by Gasteiger charge is -2.09. The number of amides is 2. The van der Waals surface area contributed by atoms with Gasteiger partial charge in [-0.3, -0.25) is 0 Å². The number of rotatable bonds is 5. The Kier molecular flexibility index (Phi) is 5.41. The van der Waals surface area contributed by atoms with Crippen molar-refractivity contribution in [3.63, 3.8) is 0 Å². The molecule has 0 aliphatic carbocycles. The van der Waals surface area contributed by atoms with Gasteiger partial charge in [0, 0.05) is 6.54 Å². The molecular formula is C15H15ClN2O3S. The van der Waals surface area contributed by atoms with Crippen LogP contribution in [0, 0.1) is 0 Å². The largest absolute Gasteiger partial charge is 0.337 e. The van der Waals surface area contributed by atoms with Crippen LogP contribution in [0.4, 0.5) is 4.79 Å². The Morgan fingerprint density at radius 3 is 2.32 bits per heavy atom. The standard InChI is InChI=1S/C15H15ClN2O3S/c16-13-8-4-5-9-14(13)22(20,21)18-15(19)17-11-10-12-6-2-1-3-7-12/h1-9H,10-11H2,(H2,17,18,19). The fourth-order valence-electron chi connectivity index (χ4n) is 1.84. The molecule has 2 aromatic carbocycles. The molecule has 0 saturated heterocycles. The molecule has 7 heteroatoms. The number of sulfonamides is 1. The Labute approximate surface area is 134 Å². The Balaban J connectivity index is 1.90. The molecule has 22 heavy (non-hydrogen) atoms. The quantitative estimate of drug-likeness (QED) is 0.879. The first-order valence-corrected chi connectivity index (χ1v) is 8.44. The van der Waals surface area contributed by atoms with Gasteiger partial charge < -0.3 is 5.32 Å². The topological polar surface area (TPSA) is 75.3 Å². The van der Waals surface area contributed by atoms with E-state index in [1.54, 1.807) is 6.07 Å². The van der Waals surface area contributed by atoms with E-state index in [1.165, 1.54) is 18.2 Å². The van der Waals surface area contributed by atoms with Gasteiger partial charge in [0.2, 0.25) is 0 Å². The van der Waals surface area contributed by atoms with Gasteiger partial charge in [-0.05, 0) is 24.1 Å². The first-order valence-electron chi connectivity index (χ1n) is 6.58. The van der Waals surface area contributed by atoms with Crippen LogP contribution in [0.3, 0.4) is 0 Å². The zero-order valence-corrected chi connectivity index (χ0v) is 13.2. The second kappa shape index (κ2) is 7.29. The minimum absolute atomic E-state index is 0.0621. The lowest BCUT2D eigenvalue weighted by Crippen LogP contribution is -2.40. The molecule has 5 nitrogen and oxygen atoms in total. The summed E-state index contributed by atoms with van der Waals surface area (Å²) in [6.45, 7) is 0.327. The van der Waals surface area contributed by atoms with Crippen molar-refractivity contribution in [2.75, 3.05) is 6.54 Å². The van der Waals surface area contributed by atoms with E-state index in [2.05, 4.69) is 5.32 Å². The highest BCUT2D eigenvalue weighted by Gasteiger charge is 2.19. The Hall–Kier alpha value is -2.05. The molecule has 2 rings (SSSR count). The summed E-state index contributed by atoms with van der Waals surface area (Å²) in [4.78, 5) is 11.6. The van der Waals surface area contributed by atoms with Crippen molar-refractivity contribution >= 4 is 27.7 Å². The number of urea groups is 1. The van der Waals surface area contributed by atoms with Crippen LogP contribution in [0.1, 0.15) is 5.56 Å². The zero-order chi connectivity index (χ0) is 16.0. The van der Waals surface area contributed by atoms with E-state index in [-0.39, 0.29) is 9.92 Å². The molecule has 0 bridgehead atoms. The summed E-state index contributed by atoms with van der Waals surface area (Å²) >= 11 is 5.83. The average Bonchev–Trinajstić information content (AvgIpc) is 2.48. The fraction of sp³-hybridized carbons (Fsp3) is 0.133. The minimum Gasteiger partial charge on any atom is -0.337 e. The molecule has 0 aliphatic heterocycles. The second-order valence-electron chi connectivity index (χ2n) is 4.53. The van der Waals surface area contributed by atoms with E-state index in [1.807, 2.05) is 35.1 Å². The number of carbonyl (C=O) groups is 1. The normalized spacial score (nSPS) is 11.0. The lowest BCUT2D eigenvalue weighted by atomic mass is 10.1. The summed E-state index contributed by atoms with van der Waals surface area (Å²) in [5.41, 5.74) is 1.05. The first-order chi connectivity index (χ1) is 10.5. The highest BCUT2D eigenvalue weighted by Crippen LogP contribution is 2.19. The molecule has 2 aromatic rings. The molecule has 116 valence electrons. The van der Waals surface area contributed by atoms with E-state index in [9.17, 15) is 13.2 Å². The number of benzene rings is 2. The second-order valence-corrected chi connectivity index (χ2v) is 6.59. The van der Waals surface area contributed by atoms with E-state index >= 15 is 0 Å². The van der Waals surface area contributed by atoms with E-state index in [0.717, 1.165) is 5.56 Å². The molecule has 0 radical (unpaired) electrons. The number of halogens is 1. The predicted octanol–water partition coefficient (Wildman–Crippen LogP) is 2.57. The van der Waals surface area contributed by atoms with Gasteiger partial charge in [-0.15, -0.1) is 0 Å². The summed E-state index contributed by atoms with van der Waals surface area (Å²) in [7, 11) is -3.98. The summed E-state index contributed by atoms with van der Waals surface area (Å²) in [6.07, 6.45) is 0.612. The minimum atomic E-state index is -3.98. The lowest BCUT2D eigenvalue weighted by molar-refractivity contribution is 0.246. The van der Waals surface area contributed by atoms with Gasteiger partial charge in [0.25, 0.3) is 10.0 Å². The molecule has 0 fully saturated rings. The molecule has 0 heterocycles. The maximum atomic E-state index is 12.0. The van der Waals surface area contributed by atoms with Crippen LogP contribution in [0.5, 0.6) is 0 Å². The van der Waals surface area contributed by atoms with Crippen LogP contribution >= 0.6 is 11.6 Å². The van der Waals surface area contributed by atoms with Crippen LogP contribution in [-0.2, 0) is 16.4 Å². The Morgan fingerprint density at radius 2 is 1.64 bits per heavy atom. The van der Waals surface area contributed by atoms with Crippen molar-refractivity contribution < 1.29 is 13.2 Å². The smallest absolute Gasteiger partial charge is 0.328 e. The van der Waals surface area contributed by atoms with Crippen molar-refractivity contribution in [3.05, 3.63) is 65.2 Å². The summed E-state index contributed by atoms with van der Waals surface area (Å²) < 4.78 is 26.0. The van der Waals surface area contributed by atoms with Crippen molar-refractivity contribution in [1.82, 2.24) is 10.0 Å². The van der Waals surface area contributed by atoms with Crippen molar-refractivity contribution in [2.45, 2.75) is 11.3 Å². The molecule has 2 amide bonds. The Morgan fingerprint density at radius 1 is 1.00 bits per heavy atom.